The van der Waals surface area contributed by atoms with Gasteiger partial charge in [-0.1, -0.05) is 13.3 Å². The number of likely N-dealkylation sites (tertiary alicyclic amines) is 1. The van der Waals surface area contributed by atoms with Crippen molar-refractivity contribution in [1.29, 1.82) is 0 Å². The lowest BCUT2D eigenvalue weighted by Gasteiger charge is -2.39. The highest BCUT2D eigenvalue weighted by Crippen LogP contribution is 2.51. The van der Waals surface area contributed by atoms with E-state index >= 15 is 0 Å². The van der Waals surface area contributed by atoms with Crippen molar-refractivity contribution >= 4 is 5.91 Å². The molecular formula is C23H39N3O3. The molecule has 2 bridgehead atoms. The summed E-state index contributed by atoms with van der Waals surface area (Å²) in [6.45, 7) is 7.31. The van der Waals surface area contributed by atoms with Crippen LogP contribution in [0.3, 0.4) is 0 Å². The Kier molecular flexibility index (Phi) is 5.42. The minimum atomic E-state index is -0.221. The van der Waals surface area contributed by atoms with Gasteiger partial charge in [-0.2, -0.15) is 5.48 Å². The van der Waals surface area contributed by atoms with E-state index in [2.05, 4.69) is 29.5 Å². The van der Waals surface area contributed by atoms with Crippen LogP contribution in [0, 0.1) is 11.3 Å². The summed E-state index contributed by atoms with van der Waals surface area (Å²) in [4.78, 5) is 21.2. The summed E-state index contributed by atoms with van der Waals surface area (Å²) in [5.74, 6) is 1.01. The Morgan fingerprint density at radius 1 is 1.17 bits per heavy atom. The smallest absolute Gasteiger partial charge is 0.242 e. The fourth-order valence-electron chi connectivity index (χ4n) is 7.11. The predicted molar refractivity (Wildman–Crippen MR) is 111 cm³/mol. The maximum absolute atomic E-state index is 13.3. The lowest BCUT2D eigenvalue weighted by Crippen LogP contribution is -2.51. The summed E-state index contributed by atoms with van der Waals surface area (Å²) >= 11 is 0. The van der Waals surface area contributed by atoms with Crippen LogP contribution in [0.5, 0.6) is 0 Å². The van der Waals surface area contributed by atoms with Gasteiger partial charge < -0.3 is 15.0 Å². The van der Waals surface area contributed by atoms with E-state index in [-0.39, 0.29) is 23.6 Å². The van der Waals surface area contributed by atoms with Crippen LogP contribution in [-0.2, 0) is 14.4 Å². The minimum Gasteiger partial charge on any atom is -0.375 e. The van der Waals surface area contributed by atoms with Gasteiger partial charge in [-0.25, -0.2) is 0 Å². The van der Waals surface area contributed by atoms with Crippen molar-refractivity contribution < 1.29 is 14.4 Å². The van der Waals surface area contributed by atoms with E-state index in [4.69, 9.17) is 9.57 Å². The number of rotatable bonds is 4. The molecule has 0 aromatic rings. The number of hydrogen-bond acceptors (Lipinski definition) is 5. The van der Waals surface area contributed by atoms with E-state index in [1.807, 2.05) is 0 Å². The molecule has 7 unspecified atom stereocenters. The largest absolute Gasteiger partial charge is 0.375 e. The monoisotopic (exact) mass is 405 g/mol. The van der Waals surface area contributed by atoms with E-state index in [1.54, 1.807) is 0 Å². The number of ether oxygens (including phenoxy) is 1. The minimum absolute atomic E-state index is 0.0171. The summed E-state index contributed by atoms with van der Waals surface area (Å²) in [6, 6.07) is 0.486. The van der Waals surface area contributed by atoms with Crippen molar-refractivity contribution in [1.82, 2.24) is 15.7 Å². The number of nitrogens with one attached hydrogen (secondary N) is 2. The van der Waals surface area contributed by atoms with E-state index in [0.29, 0.717) is 24.2 Å². The molecule has 3 aliphatic heterocycles. The zero-order chi connectivity index (χ0) is 20.1. The van der Waals surface area contributed by atoms with Gasteiger partial charge in [0, 0.05) is 24.5 Å². The predicted octanol–water partition coefficient (Wildman–Crippen LogP) is 2.77. The second-order valence-electron chi connectivity index (χ2n) is 11.1. The van der Waals surface area contributed by atoms with Gasteiger partial charge in [-0.15, -0.1) is 0 Å². The topological polar surface area (TPSA) is 62.8 Å². The van der Waals surface area contributed by atoms with Gasteiger partial charge in [-0.05, 0) is 76.2 Å². The van der Waals surface area contributed by atoms with Crippen LogP contribution in [0.15, 0.2) is 0 Å². The molecule has 0 spiro atoms. The molecule has 6 heteroatoms. The molecule has 164 valence electrons. The highest BCUT2D eigenvalue weighted by molar-refractivity contribution is 5.83. The van der Waals surface area contributed by atoms with Gasteiger partial charge >= 0.3 is 0 Å². The number of hydrogen-bond donors (Lipinski definition) is 2. The number of fused-ring (bicyclic) bond motifs is 3. The van der Waals surface area contributed by atoms with Crippen LogP contribution in [0.2, 0.25) is 0 Å². The van der Waals surface area contributed by atoms with Crippen LogP contribution in [0.4, 0.5) is 0 Å². The molecule has 7 atom stereocenters. The van der Waals surface area contributed by atoms with Crippen LogP contribution in [0.25, 0.3) is 0 Å². The number of amides is 1. The summed E-state index contributed by atoms with van der Waals surface area (Å²) in [7, 11) is 0. The third kappa shape index (κ3) is 3.98. The maximum atomic E-state index is 13.3. The Labute approximate surface area is 175 Å². The molecule has 3 saturated heterocycles. The molecule has 2 N–H and O–H groups in total. The van der Waals surface area contributed by atoms with Crippen molar-refractivity contribution in [2.24, 2.45) is 11.3 Å². The fraction of sp³-hybridized carbons (Fsp3) is 0.957. The summed E-state index contributed by atoms with van der Waals surface area (Å²) in [5.41, 5.74) is 3.38. The zero-order valence-corrected chi connectivity index (χ0v) is 18.3. The highest BCUT2D eigenvalue weighted by Gasteiger charge is 2.54. The molecule has 5 fully saturated rings. The molecule has 6 nitrogen and oxygen atoms in total. The number of hydroxylamine groups is 1. The molecule has 2 saturated carbocycles. The van der Waals surface area contributed by atoms with Crippen LogP contribution >= 0.6 is 0 Å². The van der Waals surface area contributed by atoms with Crippen molar-refractivity contribution in [2.75, 3.05) is 19.7 Å². The Morgan fingerprint density at radius 2 is 2.07 bits per heavy atom. The molecule has 0 aromatic heterocycles. The highest BCUT2D eigenvalue weighted by atomic mass is 16.7. The fourth-order valence-corrected chi connectivity index (χ4v) is 7.11. The first-order chi connectivity index (χ1) is 13.9. The molecule has 1 amide bonds. The SMILES string of the molecule is CC12CCCC(C)(C1)N(C(=O)C1CC(COC3CCC4NCCCC4C3)ON1)C2. The van der Waals surface area contributed by atoms with Crippen LogP contribution in [0.1, 0.15) is 78.1 Å². The number of carbonyl (C=O) groups is 1. The Hall–Kier alpha value is -0.690. The first kappa shape index (κ1) is 20.2. The summed E-state index contributed by atoms with van der Waals surface area (Å²) in [6.07, 6.45) is 12.0. The Balaban J connectivity index is 1.11. The normalized spacial score (nSPS) is 47.2. The lowest BCUT2D eigenvalue weighted by atomic mass is 9.72. The zero-order valence-electron chi connectivity index (χ0n) is 18.3. The van der Waals surface area contributed by atoms with Crippen molar-refractivity contribution in [3.05, 3.63) is 0 Å². The maximum Gasteiger partial charge on any atom is 0.242 e. The van der Waals surface area contributed by atoms with E-state index < -0.39 is 0 Å². The van der Waals surface area contributed by atoms with Gasteiger partial charge in [-0.3, -0.25) is 9.63 Å². The number of nitrogens with zero attached hydrogens (tertiary/aromatic N) is 1. The van der Waals surface area contributed by atoms with Crippen molar-refractivity contribution in [2.45, 2.75) is 108 Å². The van der Waals surface area contributed by atoms with E-state index in [1.165, 1.54) is 45.1 Å². The average Bonchev–Trinajstić information content (AvgIpc) is 3.25. The molecule has 0 radical (unpaired) electrons. The van der Waals surface area contributed by atoms with Gasteiger partial charge in [0.1, 0.15) is 12.1 Å². The van der Waals surface area contributed by atoms with Gasteiger partial charge in [0.15, 0.2) is 0 Å². The molecule has 2 aliphatic carbocycles. The standard InChI is InChI=1S/C23H39N3O3/c1-22-8-4-9-23(2,14-22)26(15-22)21(27)20-12-18(29-25-20)13-28-17-6-7-19-16(11-17)5-3-10-24-19/h16-20,24-25H,3-15H2,1-2H3. The Morgan fingerprint density at radius 3 is 2.93 bits per heavy atom. The lowest BCUT2D eigenvalue weighted by molar-refractivity contribution is -0.138. The third-order valence-electron chi connectivity index (χ3n) is 8.54. The Bertz CT molecular complexity index is 630. The van der Waals surface area contributed by atoms with Crippen molar-refractivity contribution in [3.63, 3.8) is 0 Å². The second-order valence-corrected chi connectivity index (χ2v) is 11.1. The first-order valence-electron chi connectivity index (χ1n) is 12.0. The molecule has 5 rings (SSSR count). The first-order valence-corrected chi connectivity index (χ1v) is 12.0. The quantitative estimate of drug-likeness (QED) is 0.753. The van der Waals surface area contributed by atoms with Crippen LogP contribution < -0.4 is 10.8 Å². The average molecular weight is 406 g/mol. The van der Waals surface area contributed by atoms with Gasteiger partial charge in [0.05, 0.1) is 12.7 Å². The molecule has 0 aromatic carbocycles. The molecule has 5 aliphatic rings. The van der Waals surface area contributed by atoms with E-state index in [9.17, 15) is 4.79 Å². The number of carbonyl (C=O) groups excluding carboxylic acids is 1. The van der Waals surface area contributed by atoms with Gasteiger partial charge in [0.2, 0.25) is 5.91 Å². The summed E-state index contributed by atoms with van der Waals surface area (Å²) in [5, 5.41) is 3.67. The molecule has 3 heterocycles. The second kappa shape index (κ2) is 7.77. The van der Waals surface area contributed by atoms with Crippen LogP contribution in [-0.4, -0.2) is 60.3 Å². The molecule has 29 heavy (non-hydrogen) atoms. The van der Waals surface area contributed by atoms with Crippen molar-refractivity contribution in [3.8, 4) is 0 Å². The van der Waals surface area contributed by atoms with E-state index in [0.717, 1.165) is 38.1 Å². The van der Waals surface area contributed by atoms with Gasteiger partial charge in [0.25, 0.3) is 0 Å². The molecular weight excluding hydrogens is 366 g/mol. The third-order valence-corrected chi connectivity index (χ3v) is 8.54. The summed E-state index contributed by atoms with van der Waals surface area (Å²) < 4.78 is 6.26. The number of piperidine rings is 1.